The van der Waals surface area contributed by atoms with Crippen molar-refractivity contribution < 1.29 is 18.3 Å². The van der Waals surface area contributed by atoms with Gasteiger partial charge in [-0.1, -0.05) is 12.1 Å². The lowest BCUT2D eigenvalue weighted by Gasteiger charge is -2.29. The predicted molar refractivity (Wildman–Crippen MR) is 73.3 cm³/mol. The monoisotopic (exact) mass is 347 g/mol. The molecule has 1 heterocycles. The Morgan fingerprint density at radius 1 is 1.26 bits per heavy atom. The van der Waals surface area contributed by atoms with Crippen LogP contribution in [-0.2, 0) is 14.8 Å². The van der Waals surface area contributed by atoms with Gasteiger partial charge in [0.1, 0.15) is 0 Å². The van der Waals surface area contributed by atoms with Gasteiger partial charge in [-0.15, -0.1) is 0 Å². The molecule has 0 radical (unpaired) electrons. The molecular formula is C12H14BrNO4S. The average molecular weight is 348 g/mol. The van der Waals surface area contributed by atoms with Gasteiger partial charge in [0.2, 0.25) is 10.0 Å². The quantitative estimate of drug-likeness (QED) is 0.906. The van der Waals surface area contributed by atoms with E-state index in [1.54, 1.807) is 24.3 Å². The van der Waals surface area contributed by atoms with Crippen LogP contribution in [0.1, 0.15) is 12.8 Å². The van der Waals surface area contributed by atoms with Crippen molar-refractivity contribution in [3.63, 3.8) is 0 Å². The Morgan fingerprint density at radius 3 is 2.37 bits per heavy atom. The van der Waals surface area contributed by atoms with Crippen molar-refractivity contribution >= 4 is 31.9 Å². The Kier molecular flexibility index (Phi) is 4.27. The van der Waals surface area contributed by atoms with Crippen LogP contribution in [-0.4, -0.2) is 36.9 Å². The summed E-state index contributed by atoms with van der Waals surface area (Å²) in [6.07, 6.45) is 0.720. The minimum absolute atomic E-state index is 0.226. The molecule has 0 saturated carbocycles. The van der Waals surface area contributed by atoms with Gasteiger partial charge in [-0.3, -0.25) is 4.79 Å². The van der Waals surface area contributed by atoms with E-state index in [4.69, 9.17) is 5.11 Å². The van der Waals surface area contributed by atoms with Gasteiger partial charge in [0, 0.05) is 17.6 Å². The summed E-state index contributed by atoms with van der Waals surface area (Å²) < 4.78 is 26.7. The van der Waals surface area contributed by atoms with Crippen LogP contribution in [0, 0.1) is 5.92 Å². The van der Waals surface area contributed by atoms with Gasteiger partial charge >= 0.3 is 5.97 Å². The zero-order chi connectivity index (χ0) is 14.0. The number of benzene rings is 1. The van der Waals surface area contributed by atoms with Crippen LogP contribution >= 0.6 is 15.9 Å². The number of carboxylic acids is 1. The molecule has 0 unspecified atom stereocenters. The average Bonchev–Trinajstić information content (AvgIpc) is 2.39. The highest BCUT2D eigenvalue weighted by atomic mass is 79.9. The first-order valence-electron chi connectivity index (χ1n) is 5.90. The number of carbonyl (C=O) groups is 1. The van der Waals surface area contributed by atoms with Gasteiger partial charge in [0.05, 0.1) is 10.8 Å². The van der Waals surface area contributed by atoms with E-state index in [0.29, 0.717) is 17.3 Å². The van der Waals surface area contributed by atoms with E-state index in [0.717, 1.165) is 0 Å². The van der Waals surface area contributed by atoms with E-state index in [1.165, 1.54) is 4.31 Å². The van der Waals surface area contributed by atoms with Crippen molar-refractivity contribution in [2.45, 2.75) is 17.7 Å². The predicted octanol–water partition coefficient (Wildman–Crippen LogP) is 1.93. The van der Waals surface area contributed by atoms with Gasteiger partial charge in [-0.2, -0.15) is 4.31 Å². The van der Waals surface area contributed by atoms with Gasteiger partial charge in [-0.25, -0.2) is 8.42 Å². The molecule has 1 aliphatic rings. The summed E-state index contributed by atoms with van der Waals surface area (Å²) in [7, 11) is -3.55. The Bertz CT molecular complexity index is 579. The van der Waals surface area contributed by atoms with Crippen LogP contribution < -0.4 is 0 Å². The maximum atomic E-state index is 12.4. The zero-order valence-electron chi connectivity index (χ0n) is 10.1. The SMILES string of the molecule is O=C(O)C1CCN(S(=O)(=O)c2ccccc2Br)CC1. The van der Waals surface area contributed by atoms with E-state index in [2.05, 4.69) is 15.9 Å². The van der Waals surface area contributed by atoms with Crippen LogP contribution in [0.5, 0.6) is 0 Å². The highest BCUT2D eigenvalue weighted by molar-refractivity contribution is 9.10. The van der Waals surface area contributed by atoms with E-state index < -0.39 is 21.9 Å². The summed E-state index contributed by atoms with van der Waals surface area (Å²) >= 11 is 3.23. The van der Waals surface area contributed by atoms with E-state index >= 15 is 0 Å². The molecule has 0 amide bonds. The molecule has 0 bridgehead atoms. The maximum absolute atomic E-state index is 12.4. The van der Waals surface area contributed by atoms with E-state index in [1.807, 2.05) is 0 Å². The first-order valence-corrected chi connectivity index (χ1v) is 8.13. The number of hydrogen-bond donors (Lipinski definition) is 1. The van der Waals surface area contributed by atoms with E-state index in [-0.39, 0.29) is 18.0 Å². The van der Waals surface area contributed by atoms with Crippen LogP contribution in [0.15, 0.2) is 33.6 Å². The van der Waals surface area contributed by atoms with Crippen molar-refractivity contribution in [1.29, 1.82) is 0 Å². The number of hydrogen-bond acceptors (Lipinski definition) is 3. The molecule has 1 saturated heterocycles. The summed E-state index contributed by atoms with van der Waals surface area (Å²) in [6.45, 7) is 0.501. The van der Waals surface area contributed by atoms with Crippen molar-refractivity contribution in [1.82, 2.24) is 4.31 Å². The summed E-state index contributed by atoms with van der Waals surface area (Å²) in [6, 6.07) is 6.64. The molecule has 1 aromatic rings. The van der Waals surface area contributed by atoms with Crippen molar-refractivity contribution in [3.05, 3.63) is 28.7 Å². The Labute approximate surface area is 120 Å². The molecule has 1 aromatic carbocycles. The molecule has 0 aromatic heterocycles. The third-order valence-electron chi connectivity index (χ3n) is 3.26. The molecule has 0 atom stereocenters. The topological polar surface area (TPSA) is 74.7 Å². The molecule has 1 aliphatic heterocycles. The molecule has 0 spiro atoms. The van der Waals surface area contributed by atoms with Crippen LogP contribution in [0.25, 0.3) is 0 Å². The molecule has 2 rings (SSSR count). The second kappa shape index (κ2) is 5.60. The van der Waals surface area contributed by atoms with Crippen molar-refractivity contribution in [3.8, 4) is 0 Å². The summed E-state index contributed by atoms with van der Waals surface area (Å²) in [5.41, 5.74) is 0. The summed E-state index contributed by atoms with van der Waals surface area (Å²) in [5, 5.41) is 8.91. The highest BCUT2D eigenvalue weighted by Crippen LogP contribution is 2.28. The normalized spacial score (nSPS) is 18.4. The summed E-state index contributed by atoms with van der Waals surface area (Å²) in [5.74, 6) is -1.29. The van der Waals surface area contributed by atoms with Crippen LogP contribution in [0.4, 0.5) is 0 Å². The lowest BCUT2D eigenvalue weighted by Crippen LogP contribution is -2.40. The lowest BCUT2D eigenvalue weighted by molar-refractivity contribution is -0.142. The number of carboxylic acid groups (broad SMARTS) is 1. The van der Waals surface area contributed by atoms with Gasteiger partial charge < -0.3 is 5.11 Å². The van der Waals surface area contributed by atoms with E-state index in [9.17, 15) is 13.2 Å². The van der Waals surface area contributed by atoms with Crippen molar-refractivity contribution in [2.75, 3.05) is 13.1 Å². The maximum Gasteiger partial charge on any atom is 0.306 e. The molecular weight excluding hydrogens is 334 g/mol. The van der Waals surface area contributed by atoms with Gasteiger partial charge in [-0.05, 0) is 40.9 Å². The molecule has 5 nitrogen and oxygen atoms in total. The number of piperidine rings is 1. The number of halogens is 1. The highest BCUT2D eigenvalue weighted by Gasteiger charge is 2.32. The minimum Gasteiger partial charge on any atom is -0.481 e. The lowest BCUT2D eigenvalue weighted by atomic mass is 9.99. The number of sulfonamides is 1. The molecule has 104 valence electrons. The standard InChI is InChI=1S/C12H14BrNO4S/c13-10-3-1-2-4-11(10)19(17,18)14-7-5-9(6-8-14)12(15)16/h1-4,9H,5-8H2,(H,15,16). The molecule has 0 aliphatic carbocycles. The van der Waals surface area contributed by atoms with Crippen LogP contribution in [0.3, 0.4) is 0 Å². The molecule has 19 heavy (non-hydrogen) atoms. The number of aliphatic carboxylic acids is 1. The molecule has 1 fully saturated rings. The smallest absolute Gasteiger partial charge is 0.306 e. The number of nitrogens with zero attached hydrogens (tertiary/aromatic N) is 1. The van der Waals surface area contributed by atoms with Gasteiger partial charge in [0.25, 0.3) is 0 Å². The Balaban J connectivity index is 2.19. The molecule has 1 N–H and O–H groups in total. The Morgan fingerprint density at radius 2 is 1.84 bits per heavy atom. The molecule has 7 heteroatoms. The fraction of sp³-hybridized carbons (Fsp3) is 0.417. The minimum atomic E-state index is -3.55. The fourth-order valence-corrected chi connectivity index (χ4v) is 4.57. The second-order valence-corrected chi connectivity index (χ2v) is 7.21. The third-order valence-corrected chi connectivity index (χ3v) is 6.17. The first kappa shape index (κ1) is 14.5. The first-order chi connectivity index (χ1) is 8.93. The van der Waals surface area contributed by atoms with Gasteiger partial charge in [0.15, 0.2) is 0 Å². The zero-order valence-corrected chi connectivity index (χ0v) is 12.5. The van der Waals surface area contributed by atoms with Crippen LogP contribution in [0.2, 0.25) is 0 Å². The van der Waals surface area contributed by atoms with Crippen molar-refractivity contribution in [2.24, 2.45) is 5.92 Å². The fourth-order valence-electron chi connectivity index (χ4n) is 2.14. The summed E-state index contributed by atoms with van der Waals surface area (Å²) in [4.78, 5) is 11.1. The third kappa shape index (κ3) is 2.98. The Hall–Kier alpha value is -0.920. The largest absolute Gasteiger partial charge is 0.481 e. The second-order valence-electron chi connectivity index (χ2n) is 4.45. The number of rotatable bonds is 3.